The van der Waals surface area contributed by atoms with E-state index < -0.39 is 5.60 Å². The predicted molar refractivity (Wildman–Crippen MR) is 62.7 cm³/mol. The predicted octanol–water partition coefficient (Wildman–Crippen LogP) is 1.83. The monoisotopic (exact) mass is 220 g/mol. The molecule has 1 rings (SSSR count). The Hall–Kier alpha value is -1.66. The Kier molecular flexibility index (Phi) is 3.81. The van der Waals surface area contributed by atoms with Crippen molar-refractivity contribution in [1.29, 1.82) is 0 Å². The molecular formula is C13H16O3. The number of hydrogen-bond acceptors (Lipinski definition) is 3. The normalized spacial score (nSPS) is 10.3. The van der Waals surface area contributed by atoms with Crippen molar-refractivity contribution in [2.24, 2.45) is 0 Å². The van der Waals surface area contributed by atoms with Crippen LogP contribution in [-0.4, -0.2) is 24.9 Å². The molecule has 86 valence electrons. The second-order valence-corrected chi connectivity index (χ2v) is 3.85. The van der Waals surface area contributed by atoms with Crippen molar-refractivity contribution in [3.05, 3.63) is 23.8 Å². The van der Waals surface area contributed by atoms with Crippen LogP contribution in [0.5, 0.6) is 11.5 Å². The summed E-state index contributed by atoms with van der Waals surface area (Å²) < 4.78 is 10.4. The molecule has 0 aliphatic rings. The molecule has 0 heterocycles. The minimum atomic E-state index is -1.02. The Morgan fingerprint density at radius 2 is 1.88 bits per heavy atom. The molecule has 0 unspecified atom stereocenters. The summed E-state index contributed by atoms with van der Waals surface area (Å²) >= 11 is 0. The summed E-state index contributed by atoms with van der Waals surface area (Å²) in [6.07, 6.45) is 0. The van der Waals surface area contributed by atoms with Crippen LogP contribution in [0.15, 0.2) is 18.2 Å². The van der Waals surface area contributed by atoms with E-state index in [-0.39, 0.29) is 0 Å². The highest BCUT2D eigenvalue weighted by Crippen LogP contribution is 2.29. The number of hydrogen-bond donors (Lipinski definition) is 1. The van der Waals surface area contributed by atoms with Crippen molar-refractivity contribution < 1.29 is 14.6 Å². The first kappa shape index (κ1) is 12.4. The van der Waals surface area contributed by atoms with Crippen LogP contribution in [0.25, 0.3) is 0 Å². The fourth-order valence-electron chi connectivity index (χ4n) is 1.21. The third kappa shape index (κ3) is 3.18. The van der Waals surface area contributed by atoms with Gasteiger partial charge in [-0.15, -0.1) is 0 Å². The summed E-state index contributed by atoms with van der Waals surface area (Å²) in [4.78, 5) is 0. The SMILES string of the molecule is COc1cccc(C#CC(C)(C)O)c1OC. The van der Waals surface area contributed by atoms with Gasteiger partial charge in [0.2, 0.25) is 0 Å². The highest BCUT2D eigenvalue weighted by molar-refractivity contribution is 5.54. The van der Waals surface area contributed by atoms with E-state index in [9.17, 15) is 5.11 Å². The Morgan fingerprint density at radius 1 is 1.19 bits per heavy atom. The molecule has 0 atom stereocenters. The van der Waals surface area contributed by atoms with Gasteiger partial charge in [0, 0.05) is 0 Å². The number of para-hydroxylation sites is 1. The fraction of sp³-hybridized carbons (Fsp3) is 0.385. The molecule has 0 saturated carbocycles. The van der Waals surface area contributed by atoms with Gasteiger partial charge in [0.1, 0.15) is 5.60 Å². The van der Waals surface area contributed by atoms with Crippen LogP contribution in [-0.2, 0) is 0 Å². The summed E-state index contributed by atoms with van der Waals surface area (Å²) in [5.41, 5.74) is -0.322. The Morgan fingerprint density at radius 3 is 2.38 bits per heavy atom. The summed E-state index contributed by atoms with van der Waals surface area (Å²) in [6, 6.07) is 5.45. The lowest BCUT2D eigenvalue weighted by Gasteiger charge is -2.10. The molecule has 0 amide bonds. The van der Waals surface area contributed by atoms with E-state index in [2.05, 4.69) is 11.8 Å². The average Bonchev–Trinajstić information content (AvgIpc) is 2.24. The van der Waals surface area contributed by atoms with Gasteiger partial charge in [-0.3, -0.25) is 0 Å². The molecular weight excluding hydrogens is 204 g/mol. The van der Waals surface area contributed by atoms with Gasteiger partial charge in [-0.2, -0.15) is 0 Å². The van der Waals surface area contributed by atoms with E-state index in [1.165, 1.54) is 0 Å². The first-order chi connectivity index (χ1) is 7.48. The molecule has 1 N–H and O–H groups in total. The van der Waals surface area contributed by atoms with Crippen molar-refractivity contribution >= 4 is 0 Å². The molecule has 0 radical (unpaired) electrons. The highest BCUT2D eigenvalue weighted by atomic mass is 16.5. The van der Waals surface area contributed by atoms with E-state index in [4.69, 9.17) is 9.47 Å². The zero-order valence-electron chi connectivity index (χ0n) is 10.00. The second-order valence-electron chi connectivity index (χ2n) is 3.85. The maximum absolute atomic E-state index is 9.52. The van der Waals surface area contributed by atoms with Gasteiger partial charge in [0.25, 0.3) is 0 Å². The first-order valence-corrected chi connectivity index (χ1v) is 4.94. The zero-order valence-corrected chi connectivity index (χ0v) is 10.00. The zero-order chi connectivity index (χ0) is 12.2. The molecule has 0 saturated heterocycles. The molecule has 0 bridgehead atoms. The Balaban J connectivity index is 3.17. The van der Waals surface area contributed by atoms with E-state index in [0.717, 1.165) is 0 Å². The van der Waals surface area contributed by atoms with Gasteiger partial charge >= 0.3 is 0 Å². The first-order valence-electron chi connectivity index (χ1n) is 4.94. The Labute approximate surface area is 96.0 Å². The minimum absolute atomic E-state index is 0.585. The van der Waals surface area contributed by atoms with Gasteiger partial charge in [0.05, 0.1) is 19.8 Å². The lowest BCUT2D eigenvalue weighted by molar-refractivity contribution is 0.143. The van der Waals surface area contributed by atoms with Crippen molar-refractivity contribution in [3.63, 3.8) is 0 Å². The number of benzene rings is 1. The quantitative estimate of drug-likeness (QED) is 0.773. The van der Waals surface area contributed by atoms with Crippen LogP contribution in [0.1, 0.15) is 19.4 Å². The van der Waals surface area contributed by atoms with E-state index in [0.29, 0.717) is 17.1 Å². The van der Waals surface area contributed by atoms with Gasteiger partial charge in [-0.05, 0) is 26.0 Å². The van der Waals surface area contributed by atoms with Gasteiger partial charge in [0.15, 0.2) is 11.5 Å². The van der Waals surface area contributed by atoms with Crippen LogP contribution >= 0.6 is 0 Å². The van der Waals surface area contributed by atoms with Crippen molar-refractivity contribution in [1.82, 2.24) is 0 Å². The van der Waals surface area contributed by atoms with Gasteiger partial charge in [-0.25, -0.2) is 0 Å². The number of ether oxygens (including phenoxy) is 2. The lowest BCUT2D eigenvalue weighted by atomic mass is 10.1. The maximum Gasteiger partial charge on any atom is 0.176 e. The second kappa shape index (κ2) is 4.91. The van der Waals surface area contributed by atoms with Crippen LogP contribution in [0.2, 0.25) is 0 Å². The van der Waals surface area contributed by atoms with Crippen LogP contribution in [0, 0.1) is 11.8 Å². The number of rotatable bonds is 2. The molecule has 1 aromatic carbocycles. The van der Waals surface area contributed by atoms with Crippen LogP contribution in [0.4, 0.5) is 0 Å². The topological polar surface area (TPSA) is 38.7 Å². The van der Waals surface area contributed by atoms with Crippen molar-refractivity contribution in [3.8, 4) is 23.3 Å². The highest BCUT2D eigenvalue weighted by Gasteiger charge is 2.09. The van der Waals surface area contributed by atoms with Crippen molar-refractivity contribution in [2.45, 2.75) is 19.4 Å². The summed E-state index contributed by atoms with van der Waals surface area (Å²) in [6.45, 7) is 3.26. The summed E-state index contributed by atoms with van der Waals surface area (Å²) in [5.74, 6) is 6.82. The molecule has 1 aromatic rings. The molecule has 0 aliphatic heterocycles. The molecule has 0 aromatic heterocycles. The smallest absolute Gasteiger partial charge is 0.176 e. The van der Waals surface area contributed by atoms with Crippen LogP contribution in [0.3, 0.4) is 0 Å². The molecule has 3 nitrogen and oxygen atoms in total. The van der Waals surface area contributed by atoms with E-state index in [1.807, 2.05) is 12.1 Å². The summed E-state index contributed by atoms with van der Waals surface area (Å²) in [7, 11) is 3.14. The molecule has 16 heavy (non-hydrogen) atoms. The molecule has 0 fully saturated rings. The molecule has 0 spiro atoms. The minimum Gasteiger partial charge on any atom is -0.493 e. The van der Waals surface area contributed by atoms with Gasteiger partial charge < -0.3 is 14.6 Å². The fourth-order valence-corrected chi connectivity index (χ4v) is 1.21. The van der Waals surface area contributed by atoms with E-state index in [1.54, 1.807) is 34.1 Å². The number of aliphatic hydroxyl groups is 1. The molecule has 0 aliphatic carbocycles. The average molecular weight is 220 g/mol. The van der Waals surface area contributed by atoms with Crippen molar-refractivity contribution in [2.75, 3.05) is 14.2 Å². The maximum atomic E-state index is 9.52. The van der Waals surface area contributed by atoms with Gasteiger partial charge in [-0.1, -0.05) is 17.9 Å². The lowest BCUT2D eigenvalue weighted by Crippen LogP contribution is -2.14. The van der Waals surface area contributed by atoms with Crippen LogP contribution < -0.4 is 9.47 Å². The third-order valence-electron chi connectivity index (χ3n) is 1.91. The molecule has 3 heteroatoms. The van der Waals surface area contributed by atoms with E-state index >= 15 is 0 Å². The standard InChI is InChI=1S/C13H16O3/c1-13(2,14)9-8-10-6-5-7-11(15-3)12(10)16-4/h5-7,14H,1-4H3. The third-order valence-corrected chi connectivity index (χ3v) is 1.91. The largest absolute Gasteiger partial charge is 0.493 e. The summed E-state index contributed by atoms with van der Waals surface area (Å²) in [5, 5.41) is 9.52. The Bertz CT molecular complexity index is 419. The number of methoxy groups -OCH3 is 2.